The van der Waals surface area contributed by atoms with Gasteiger partial charge in [0.2, 0.25) is 0 Å². The van der Waals surface area contributed by atoms with Crippen molar-refractivity contribution in [3.8, 4) is 0 Å². The minimum atomic E-state index is -4.02. The SMILES string of the molecule is CC1=CC(c2cn(S(=O)(=O)c3ccc(C)cc3)c3ccccc23)[C@@]2(Cl)C(=O)C(Cl)=C(Cl)C(=O)[C@@]2(Cl)C1C. The summed E-state index contributed by atoms with van der Waals surface area (Å²) in [5.74, 6) is -3.16. The predicted molar refractivity (Wildman–Crippen MR) is 147 cm³/mol. The van der Waals surface area contributed by atoms with Crippen LogP contribution in [0.5, 0.6) is 0 Å². The van der Waals surface area contributed by atoms with Gasteiger partial charge >= 0.3 is 0 Å². The smallest absolute Gasteiger partial charge is 0.268 e. The molecule has 5 rings (SSSR count). The van der Waals surface area contributed by atoms with Crippen LogP contribution in [0.2, 0.25) is 0 Å². The third-order valence-electron chi connectivity index (χ3n) is 7.54. The molecule has 37 heavy (non-hydrogen) atoms. The van der Waals surface area contributed by atoms with E-state index in [2.05, 4.69) is 0 Å². The lowest BCUT2D eigenvalue weighted by Crippen LogP contribution is -2.66. The highest BCUT2D eigenvalue weighted by atomic mass is 35.5. The molecule has 0 spiro atoms. The van der Waals surface area contributed by atoms with Crippen molar-refractivity contribution in [3.63, 3.8) is 0 Å². The molecule has 4 atom stereocenters. The molecule has 2 aliphatic carbocycles. The quantitative estimate of drug-likeness (QED) is 0.250. The maximum atomic E-state index is 13.7. The topological polar surface area (TPSA) is 73.2 Å². The Morgan fingerprint density at radius 1 is 0.865 bits per heavy atom. The Hall–Kier alpha value is -2.09. The van der Waals surface area contributed by atoms with Crippen molar-refractivity contribution in [1.82, 2.24) is 3.97 Å². The van der Waals surface area contributed by atoms with Gasteiger partial charge < -0.3 is 0 Å². The summed E-state index contributed by atoms with van der Waals surface area (Å²) in [7, 11) is -4.02. The van der Waals surface area contributed by atoms with E-state index >= 15 is 0 Å². The molecule has 2 aliphatic rings. The third-order valence-corrected chi connectivity index (χ3v) is 11.6. The van der Waals surface area contributed by atoms with E-state index in [0.717, 1.165) is 5.56 Å². The molecular formula is C27H21Cl4NO4S. The van der Waals surface area contributed by atoms with Crippen molar-refractivity contribution in [3.05, 3.63) is 87.6 Å². The van der Waals surface area contributed by atoms with E-state index in [1.165, 1.54) is 22.3 Å². The predicted octanol–water partition coefficient (Wildman–Crippen LogP) is 6.66. The number of benzene rings is 2. The molecule has 0 aliphatic heterocycles. The van der Waals surface area contributed by atoms with Gasteiger partial charge in [0.05, 0.1) is 10.4 Å². The van der Waals surface area contributed by atoms with Gasteiger partial charge in [-0.2, -0.15) is 0 Å². The van der Waals surface area contributed by atoms with Gasteiger partial charge in [-0.25, -0.2) is 12.4 Å². The van der Waals surface area contributed by atoms with Gasteiger partial charge in [-0.05, 0) is 37.6 Å². The van der Waals surface area contributed by atoms with E-state index < -0.39 is 53.2 Å². The summed E-state index contributed by atoms with van der Waals surface area (Å²) in [6.45, 7) is 5.35. The summed E-state index contributed by atoms with van der Waals surface area (Å²) < 4.78 is 28.6. The Balaban J connectivity index is 1.82. The second-order valence-electron chi connectivity index (χ2n) is 9.54. The molecule has 1 heterocycles. The van der Waals surface area contributed by atoms with Crippen molar-refractivity contribution in [2.45, 2.75) is 41.3 Å². The number of nitrogens with zero attached hydrogens (tertiary/aromatic N) is 1. The summed E-state index contributed by atoms with van der Waals surface area (Å²) in [5.41, 5.74) is 2.43. The standard InChI is InChI=1S/C27H21Cl4NO4S/c1-14-8-10-17(11-9-14)37(35,36)32-13-19(18-6-4-5-7-21(18)32)20-12-15(2)16(3)26(30)24(33)22(28)23(29)25(34)27(20,26)31/h4-13,16,20H,1-3H3/t16?,20?,26-,27+/m0/s1. The van der Waals surface area contributed by atoms with Crippen LogP contribution in [0.4, 0.5) is 0 Å². The van der Waals surface area contributed by atoms with Crippen molar-refractivity contribution in [2.24, 2.45) is 5.92 Å². The minimum Gasteiger partial charge on any atom is -0.291 e. The van der Waals surface area contributed by atoms with Crippen molar-refractivity contribution in [1.29, 1.82) is 0 Å². The van der Waals surface area contributed by atoms with Crippen LogP contribution in [0.25, 0.3) is 10.9 Å². The van der Waals surface area contributed by atoms with E-state index in [-0.39, 0.29) is 4.90 Å². The Morgan fingerprint density at radius 2 is 1.43 bits per heavy atom. The maximum Gasteiger partial charge on any atom is 0.268 e. The molecular weight excluding hydrogens is 576 g/mol. The summed E-state index contributed by atoms with van der Waals surface area (Å²) >= 11 is 26.6. The average Bonchev–Trinajstić information content (AvgIpc) is 3.27. The van der Waals surface area contributed by atoms with Crippen LogP contribution in [0.3, 0.4) is 0 Å². The first kappa shape index (κ1) is 26.5. The highest BCUT2D eigenvalue weighted by Gasteiger charge is 2.70. The van der Waals surface area contributed by atoms with E-state index in [0.29, 0.717) is 22.0 Å². The zero-order chi connectivity index (χ0) is 27.1. The van der Waals surface area contributed by atoms with Gasteiger partial charge in [0.15, 0.2) is 11.6 Å². The highest BCUT2D eigenvalue weighted by molar-refractivity contribution is 7.90. The number of para-hydroxylation sites is 1. The number of hydrogen-bond acceptors (Lipinski definition) is 4. The number of hydrogen-bond donors (Lipinski definition) is 0. The van der Waals surface area contributed by atoms with Gasteiger partial charge in [-0.3, -0.25) is 9.59 Å². The summed E-state index contributed by atoms with van der Waals surface area (Å²) in [6.07, 6.45) is 3.20. The van der Waals surface area contributed by atoms with Gasteiger partial charge in [-0.15, -0.1) is 23.2 Å². The fraction of sp³-hybridized carbons (Fsp3) is 0.259. The Kier molecular flexibility index (Phi) is 6.25. The molecule has 0 N–H and O–H groups in total. The third kappa shape index (κ3) is 3.46. The first-order chi connectivity index (χ1) is 17.3. The van der Waals surface area contributed by atoms with Crippen LogP contribution in [0, 0.1) is 12.8 Å². The van der Waals surface area contributed by atoms with Crippen LogP contribution in [-0.2, 0) is 19.6 Å². The van der Waals surface area contributed by atoms with Crippen LogP contribution < -0.4 is 0 Å². The number of carbonyl (C=O) groups excluding carboxylic acids is 2. The first-order valence-electron chi connectivity index (χ1n) is 11.4. The molecule has 1 aromatic heterocycles. The monoisotopic (exact) mass is 595 g/mol. The van der Waals surface area contributed by atoms with Crippen LogP contribution >= 0.6 is 46.4 Å². The number of aryl methyl sites for hydroxylation is 1. The molecule has 5 nitrogen and oxygen atoms in total. The minimum absolute atomic E-state index is 0.100. The number of rotatable bonds is 3. The molecule has 0 saturated carbocycles. The Morgan fingerprint density at radius 3 is 2.05 bits per heavy atom. The molecule has 0 radical (unpaired) electrons. The number of ketones is 2. The van der Waals surface area contributed by atoms with Crippen molar-refractivity contribution in [2.75, 3.05) is 0 Å². The van der Waals surface area contributed by atoms with E-state index in [1.807, 2.05) is 6.92 Å². The number of carbonyl (C=O) groups is 2. The first-order valence-corrected chi connectivity index (χ1v) is 14.4. The molecule has 0 amide bonds. The number of allylic oxidation sites excluding steroid dienone is 4. The summed E-state index contributed by atoms with van der Waals surface area (Å²) in [6, 6.07) is 13.4. The molecule has 2 aromatic carbocycles. The van der Waals surface area contributed by atoms with Crippen LogP contribution in [0.1, 0.15) is 30.9 Å². The maximum absolute atomic E-state index is 13.7. The molecule has 0 saturated heterocycles. The van der Waals surface area contributed by atoms with Crippen LogP contribution in [-0.4, -0.2) is 33.7 Å². The lowest BCUT2D eigenvalue weighted by molar-refractivity contribution is -0.128. The zero-order valence-corrected chi connectivity index (χ0v) is 23.8. The van der Waals surface area contributed by atoms with Crippen molar-refractivity contribution >= 4 is 78.9 Å². The number of alkyl halides is 2. The largest absolute Gasteiger partial charge is 0.291 e. The van der Waals surface area contributed by atoms with Crippen LogP contribution in [0.15, 0.2) is 81.3 Å². The van der Waals surface area contributed by atoms with E-state index in [4.69, 9.17) is 46.4 Å². The van der Waals surface area contributed by atoms with Gasteiger partial charge in [-0.1, -0.05) is 77.7 Å². The lowest BCUT2D eigenvalue weighted by atomic mass is 9.60. The van der Waals surface area contributed by atoms with Gasteiger partial charge in [0.1, 0.15) is 19.8 Å². The molecule has 3 aromatic rings. The molecule has 2 unspecified atom stereocenters. The molecule has 10 heteroatoms. The Labute approximate surface area is 234 Å². The fourth-order valence-corrected chi connectivity index (χ4v) is 8.25. The van der Waals surface area contributed by atoms with E-state index in [9.17, 15) is 18.0 Å². The van der Waals surface area contributed by atoms with Gasteiger partial charge in [0.25, 0.3) is 10.0 Å². The van der Waals surface area contributed by atoms with Gasteiger partial charge in [0, 0.05) is 23.4 Å². The fourth-order valence-electron chi connectivity index (χ4n) is 5.31. The van der Waals surface area contributed by atoms with Crippen molar-refractivity contribution < 1.29 is 18.0 Å². The normalized spacial score (nSPS) is 28.5. The summed E-state index contributed by atoms with van der Waals surface area (Å²) in [4.78, 5) is 23.2. The summed E-state index contributed by atoms with van der Waals surface area (Å²) in [5, 5.41) is -0.403. The number of aromatic nitrogens is 1. The van der Waals surface area contributed by atoms with E-state index in [1.54, 1.807) is 56.3 Å². The number of halogens is 4. The second-order valence-corrected chi connectivity index (χ2v) is 13.3. The number of Topliss-reactive ketones (excluding diaryl/α,β-unsaturated/α-hetero) is 2. The lowest BCUT2D eigenvalue weighted by Gasteiger charge is -2.52. The second kappa shape index (κ2) is 8.72. The average molecular weight is 597 g/mol. The molecule has 192 valence electrons. The number of fused-ring (bicyclic) bond motifs is 2. The zero-order valence-electron chi connectivity index (χ0n) is 19.9. The molecule has 0 fully saturated rings. The Bertz CT molecular complexity index is 1670. The molecule has 0 bridgehead atoms. The highest BCUT2D eigenvalue weighted by Crippen LogP contribution is 2.61.